The monoisotopic (exact) mass is 352 g/mol. The lowest BCUT2D eigenvalue weighted by Crippen LogP contribution is -1.99. The van der Waals surface area contributed by atoms with Crippen LogP contribution in [0.5, 0.6) is 0 Å². The first-order valence-electron chi connectivity index (χ1n) is 5.64. The van der Waals surface area contributed by atoms with E-state index in [-0.39, 0.29) is 10.6 Å². The van der Waals surface area contributed by atoms with Crippen molar-refractivity contribution in [3.05, 3.63) is 63.1 Å². The molecule has 2 rings (SSSR count). The number of aromatic carboxylic acids is 1. The summed E-state index contributed by atoms with van der Waals surface area (Å²) >= 11 is 9.13. The van der Waals surface area contributed by atoms with Crippen LogP contribution in [0.1, 0.15) is 15.9 Å². The number of anilines is 1. The van der Waals surface area contributed by atoms with Crippen LogP contribution in [0, 0.1) is 0 Å². The van der Waals surface area contributed by atoms with Crippen molar-refractivity contribution in [2.75, 3.05) is 5.43 Å². The van der Waals surface area contributed by atoms with Gasteiger partial charge in [0.15, 0.2) is 0 Å². The van der Waals surface area contributed by atoms with Gasteiger partial charge in [0.2, 0.25) is 0 Å². The molecule has 0 saturated heterocycles. The molecule has 2 N–H and O–H groups in total. The molecule has 0 heterocycles. The SMILES string of the molecule is O=C(O)c1cc(N/N=C/c2ccc(Br)cc2)ccc1Cl. The third-order valence-electron chi connectivity index (χ3n) is 2.47. The van der Waals surface area contributed by atoms with Crippen LogP contribution in [0.4, 0.5) is 5.69 Å². The molecule has 0 aromatic heterocycles. The second-order valence-electron chi connectivity index (χ2n) is 3.92. The smallest absolute Gasteiger partial charge is 0.337 e. The van der Waals surface area contributed by atoms with Crippen molar-refractivity contribution in [2.45, 2.75) is 0 Å². The first-order valence-corrected chi connectivity index (χ1v) is 6.81. The minimum absolute atomic E-state index is 0.0375. The number of halogens is 2. The molecule has 0 fully saturated rings. The molecule has 2 aromatic rings. The van der Waals surface area contributed by atoms with Gasteiger partial charge < -0.3 is 5.11 Å². The fraction of sp³-hybridized carbons (Fsp3) is 0. The summed E-state index contributed by atoms with van der Waals surface area (Å²) < 4.78 is 0.992. The van der Waals surface area contributed by atoms with E-state index in [1.807, 2.05) is 24.3 Å². The maximum Gasteiger partial charge on any atom is 0.337 e. The lowest BCUT2D eigenvalue weighted by molar-refractivity contribution is 0.0697. The number of hydrazone groups is 1. The molecular weight excluding hydrogens is 344 g/mol. The van der Waals surface area contributed by atoms with Gasteiger partial charge in [-0.3, -0.25) is 5.43 Å². The van der Waals surface area contributed by atoms with Gasteiger partial charge in [-0.05, 0) is 35.9 Å². The third-order valence-corrected chi connectivity index (χ3v) is 3.33. The molecule has 0 atom stereocenters. The van der Waals surface area contributed by atoms with Crippen molar-refractivity contribution in [1.29, 1.82) is 0 Å². The largest absolute Gasteiger partial charge is 0.478 e. The van der Waals surface area contributed by atoms with Crippen LogP contribution in [0.15, 0.2) is 52.0 Å². The van der Waals surface area contributed by atoms with Crippen molar-refractivity contribution < 1.29 is 9.90 Å². The molecular formula is C14H10BrClN2O2. The zero-order valence-electron chi connectivity index (χ0n) is 10.2. The fourth-order valence-corrected chi connectivity index (χ4v) is 1.95. The van der Waals surface area contributed by atoms with Gasteiger partial charge in [-0.2, -0.15) is 5.10 Å². The molecule has 0 unspecified atom stereocenters. The molecule has 6 heteroatoms. The molecule has 0 bridgehead atoms. The van der Waals surface area contributed by atoms with Gasteiger partial charge in [0, 0.05) is 4.47 Å². The zero-order valence-corrected chi connectivity index (χ0v) is 12.5. The van der Waals surface area contributed by atoms with Crippen molar-refractivity contribution in [3.63, 3.8) is 0 Å². The number of carbonyl (C=O) groups is 1. The number of nitrogens with one attached hydrogen (secondary N) is 1. The predicted molar refractivity (Wildman–Crippen MR) is 83.8 cm³/mol. The minimum atomic E-state index is -1.07. The quantitative estimate of drug-likeness (QED) is 0.638. The van der Waals surface area contributed by atoms with E-state index >= 15 is 0 Å². The molecule has 0 radical (unpaired) electrons. The van der Waals surface area contributed by atoms with Gasteiger partial charge in [-0.25, -0.2) is 4.79 Å². The summed E-state index contributed by atoms with van der Waals surface area (Å²) in [4.78, 5) is 10.9. The van der Waals surface area contributed by atoms with E-state index in [0.29, 0.717) is 5.69 Å². The van der Waals surface area contributed by atoms with E-state index in [4.69, 9.17) is 16.7 Å². The molecule has 0 aliphatic rings. The highest BCUT2D eigenvalue weighted by atomic mass is 79.9. The first-order chi connectivity index (χ1) is 9.56. The van der Waals surface area contributed by atoms with Crippen molar-refractivity contribution in [3.8, 4) is 0 Å². The van der Waals surface area contributed by atoms with E-state index in [2.05, 4.69) is 26.5 Å². The summed E-state index contributed by atoms with van der Waals surface area (Å²) in [6.45, 7) is 0. The van der Waals surface area contributed by atoms with E-state index in [9.17, 15) is 4.79 Å². The van der Waals surface area contributed by atoms with Gasteiger partial charge in [0.1, 0.15) is 0 Å². The Bertz CT molecular complexity index is 657. The van der Waals surface area contributed by atoms with E-state index < -0.39 is 5.97 Å². The number of rotatable bonds is 4. The molecule has 0 amide bonds. The molecule has 0 spiro atoms. The fourth-order valence-electron chi connectivity index (χ4n) is 1.49. The molecule has 0 aliphatic heterocycles. The molecule has 102 valence electrons. The topological polar surface area (TPSA) is 61.7 Å². The van der Waals surface area contributed by atoms with Crippen LogP contribution in [0.2, 0.25) is 5.02 Å². The Kier molecular flexibility index (Phi) is 4.76. The molecule has 2 aromatic carbocycles. The van der Waals surface area contributed by atoms with Crippen LogP contribution in [0.25, 0.3) is 0 Å². The van der Waals surface area contributed by atoms with Gasteiger partial charge in [-0.15, -0.1) is 0 Å². The molecule has 0 saturated carbocycles. The van der Waals surface area contributed by atoms with Crippen molar-refractivity contribution >= 4 is 45.4 Å². The second kappa shape index (κ2) is 6.54. The van der Waals surface area contributed by atoms with Crippen LogP contribution in [0.3, 0.4) is 0 Å². The van der Waals surface area contributed by atoms with Crippen LogP contribution < -0.4 is 5.43 Å². The maximum absolute atomic E-state index is 10.9. The summed E-state index contributed by atoms with van der Waals surface area (Å²) in [5, 5.41) is 13.2. The first kappa shape index (κ1) is 14.6. The summed E-state index contributed by atoms with van der Waals surface area (Å²) in [6, 6.07) is 12.2. The Morgan fingerprint density at radius 3 is 2.60 bits per heavy atom. The molecule has 0 aliphatic carbocycles. The lowest BCUT2D eigenvalue weighted by atomic mass is 10.2. The number of benzene rings is 2. The van der Waals surface area contributed by atoms with E-state index in [0.717, 1.165) is 10.0 Å². The summed E-state index contributed by atoms with van der Waals surface area (Å²) in [7, 11) is 0. The number of nitrogens with zero attached hydrogens (tertiary/aromatic N) is 1. The molecule has 4 nitrogen and oxygen atoms in total. The van der Waals surface area contributed by atoms with Gasteiger partial charge in [-0.1, -0.05) is 39.7 Å². The Morgan fingerprint density at radius 1 is 1.25 bits per heavy atom. The van der Waals surface area contributed by atoms with Crippen LogP contribution in [-0.4, -0.2) is 17.3 Å². The highest BCUT2D eigenvalue weighted by Gasteiger charge is 2.08. The van der Waals surface area contributed by atoms with Crippen LogP contribution in [-0.2, 0) is 0 Å². The number of carboxylic acids is 1. The Hall–Kier alpha value is -1.85. The molecule has 20 heavy (non-hydrogen) atoms. The van der Waals surface area contributed by atoms with Crippen molar-refractivity contribution in [1.82, 2.24) is 0 Å². The van der Waals surface area contributed by atoms with Crippen molar-refractivity contribution in [2.24, 2.45) is 5.10 Å². The predicted octanol–water partition coefficient (Wildman–Crippen LogP) is 4.25. The minimum Gasteiger partial charge on any atom is -0.478 e. The van der Waals surface area contributed by atoms with Gasteiger partial charge in [0.25, 0.3) is 0 Å². The standard InChI is InChI=1S/C14H10BrClN2O2/c15-10-3-1-9(2-4-10)8-17-18-11-5-6-13(16)12(7-11)14(19)20/h1-8,18H,(H,19,20)/b17-8+. The normalized spacial score (nSPS) is 10.7. The zero-order chi connectivity index (χ0) is 14.5. The average Bonchev–Trinajstić information content (AvgIpc) is 2.42. The number of hydrogen-bond acceptors (Lipinski definition) is 3. The Morgan fingerprint density at radius 2 is 1.95 bits per heavy atom. The average molecular weight is 354 g/mol. The highest BCUT2D eigenvalue weighted by Crippen LogP contribution is 2.20. The van der Waals surface area contributed by atoms with E-state index in [1.54, 1.807) is 12.3 Å². The maximum atomic E-state index is 10.9. The third kappa shape index (κ3) is 3.82. The Labute approximate surface area is 129 Å². The van der Waals surface area contributed by atoms with Gasteiger partial charge in [0.05, 0.1) is 22.5 Å². The second-order valence-corrected chi connectivity index (χ2v) is 5.24. The Balaban J connectivity index is 2.09. The summed E-state index contributed by atoms with van der Waals surface area (Å²) in [5.41, 5.74) is 4.28. The van der Waals surface area contributed by atoms with Gasteiger partial charge >= 0.3 is 5.97 Å². The van der Waals surface area contributed by atoms with E-state index in [1.165, 1.54) is 12.1 Å². The summed E-state index contributed by atoms with van der Waals surface area (Å²) in [6.07, 6.45) is 1.64. The lowest BCUT2D eigenvalue weighted by Gasteiger charge is -2.03. The number of hydrogen-bond donors (Lipinski definition) is 2. The highest BCUT2D eigenvalue weighted by molar-refractivity contribution is 9.10. The summed E-state index contributed by atoms with van der Waals surface area (Å²) in [5.74, 6) is -1.07. The van der Waals surface area contributed by atoms with Crippen LogP contribution >= 0.6 is 27.5 Å². The number of carboxylic acid groups (broad SMARTS) is 1.